The van der Waals surface area contributed by atoms with Crippen molar-refractivity contribution in [1.82, 2.24) is 4.98 Å². The molecule has 0 aliphatic rings. The van der Waals surface area contributed by atoms with Crippen molar-refractivity contribution in [2.75, 3.05) is 0 Å². The normalized spacial score (nSPS) is 12.2. The van der Waals surface area contributed by atoms with Crippen LogP contribution in [-0.2, 0) is 11.5 Å². The first-order valence-corrected chi connectivity index (χ1v) is 6.08. The highest BCUT2D eigenvalue weighted by atomic mass is 127. The average molecular weight is 416 g/mol. The Morgan fingerprint density at radius 2 is 1.94 bits per heavy atom. The molecular weight excluding hydrogens is 412 g/mol. The average Bonchev–Trinajstić information content (AvgIpc) is 2.14. The van der Waals surface area contributed by atoms with E-state index < -0.39 is 27.6 Å². The fraction of sp³-hybridized carbons (Fsp3) is 0.375. The maximum atomic E-state index is 12.6. The van der Waals surface area contributed by atoms with Crippen LogP contribution in [-0.4, -0.2) is 4.98 Å². The third-order valence-corrected chi connectivity index (χ3v) is 3.11. The van der Waals surface area contributed by atoms with E-state index in [1.807, 2.05) is 0 Å². The van der Waals surface area contributed by atoms with Crippen LogP contribution in [0.5, 0.6) is 0 Å². The maximum Gasteiger partial charge on any atom is 0.419 e. The first-order chi connectivity index (χ1) is 7.27. The van der Waals surface area contributed by atoms with Crippen molar-refractivity contribution < 1.29 is 22.0 Å². The second-order valence-electron chi connectivity index (χ2n) is 2.80. The van der Waals surface area contributed by atoms with Crippen molar-refractivity contribution in [3.63, 3.8) is 0 Å². The van der Waals surface area contributed by atoms with Gasteiger partial charge in [-0.05, 0) is 34.2 Å². The van der Waals surface area contributed by atoms with Crippen LogP contribution in [0.3, 0.4) is 0 Å². The standard InChI is InChI=1S/C8H4BrF5IN/c9-2-3-1-4(6(10)11)16-7(15)5(3)8(12,13)14/h1,6H,2H2. The highest BCUT2D eigenvalue weighted by Crippen LogP contribution is 2.37. The van der Waals surface area contributed by atoms with Gasteiger partial charge >= 0.3 is 6.18 Å². The lowest BCUT2D eigenvalue weighted by atomic mass is 10.1. The van der Waals surface area contributed by atoms with Crippen LogP contribution in [0.1, 0.15) is 23.2 Å². The monoisotopic (exact) mass is 415 g/mol. The van der Waals surface area contributed by atoms with Crippen molar-refractivity contribution >= 4 is 38.5 Å². The number of pyridine rings is 1. The van der Waals surface area contributed by atoms with Gasteiger partial charge in [-0.3, -0.25) is 0 Å². The smallest absolute Gasteiger partial charge is 0.240 e. The minimum atomic E-state index is -4.59. The lowest BCUT2D eigenvalue weighted by Crippen LogP contribution is -2.13. The number of hydrogen-bond acceptors (Lipinski definition) is 1. The van der Waals surface area contributed by atoms with E-state index in [9.17, 15) is 22.0 Å². The molecule has 8 heteroatoms. The second-order valence-corrected chi connectivity index (χ2v) is 4.39. The number of halogens is 7. The number of nitrogens with zero attached hydrogens (tertiary/aromatic N) is 1. The molecule has 1 rings (SSSR count). The SMILES string of the molecule is FC(F)c1cc(CBr)c(C(F)(F)F)c(I)n1. The Bertz CT molecular complexity index is 393. The highest BCUT2D eigenvalue weighted by Gasteiger charge is 2.37. The third kappa shape index (κ3) is 3.02. The molecule has 0 atom stereocenters. The van der Waals surface area contributed by atoms with Crippen molar-refractivity contribution in [2.24, 2.45) is 0 Å². The number of hydrogen-bond donors (Lipinski definition) is 0. The van der Waals surface area contributed by atoms with Gasteiger partial charge < -0.3 is 0 Å². The van der Waals surface area contributed by atoms with E-state index >= 15 is 0 Å². The van der Waals surface area contributed by atoms with E-state index in [1.54, 1.807) is 0 Å². The molecule has 1 nitrogen and oxygen atoms in total. The minimum absolute atomic E-state index is 0.153. The molecule has 1 aromatic rings. The van der Waals surface area contributed by atoms with Gasteiger partial charge in [-0.15, -0.1) is 0 Å². The molecule has 0 fully saturated rings. The molecule has 0 unspecified atom stereocenters. The summed E-state index contributed by atoms with van der Waals surface area (Å²) in [7, 11) is 0. The van der Waals surface area contributed by atoms with Crippen molar-refractivity contribution in [3.8, 4) is 0 Å². The van der Waals surface area contributed by atoms with E-state index in [-0.39, 0.29) is 10.9 Å². The predicted molar refractivity (Wildman–Crippen MR) is 59.5 cm³/mol. The van der Waals surface area contributed by atoms with E-state index in [0.29, 0.717) is 0 Å². The fourth-order valence-electron chi connectivity index (χ4n) is 1.10. The van der Waals surface area contributed by atoms with E-state index in [1.165, 1.54) is 22.6 Å². The van der Waals surface area contributed by atoms with Gasteiger partial charge in [0.05, 0.1) is 5.56 Å². The summed E-state index contributed by atoms with van der Waals surface area (Å²) in [6.07, 6.45) is -7.47. The zero-order valence-corrected chi connectivity index (χ0v) is 11.2. The molecule has 0 saturated heterocycles. The highest BCUT2D eigenvalue weighted by molar-refractivity contribution is 14.1. The lowest BCUT2D eigenvalue weighted by molar-refractivity contribution is -0.139. The quantitative estimate of drug-likeness (QED) is 0.299. The maximum absolute atomic E-state index is 12.6. The Hall–Kier alpha value is 0.01000. The Kier molecular flexibility index (Phi) is 4.49. The topological polar surface area (TPSA) is 12.9 Å². The molecular formula is C8H4BrF5IN. The van der Waals surface area contributed by atoms with E-state index in [0.717, 1.165) is 6.07 Å². The van der Waals surface area contributed by atoms with Gasteiger partial charge in [0.25, 0.3) is 6.43 Å². The molecule has 1 aromatic heterocycles. The molecule has 0 aromatic carbocycles. The molecule has 0 amide bonds. The van der Waals surface area contributed by atoms with Crippen molar-refractivity contribution in [3.05, 3.63) is 26.6 Å². The second kappa shape index (κ2) is 5.11. The summed E-state index contributed by atoms with van der Waals surface area (Å²) in [5.41, 5.74) is -1.84. The number of alkyl halides is 6. The van der Waals surface area contributed by atoms with Gasteiger partial charge in [-0.2, -0.15) is 13.2 Å². The Balaban J connectivity index is 3.41. The summed E-state index contributed by atoms with van der Waals surface area (Å²) < 4.78 is 61.9. The molecule has 0 spiro atoms. The molecule has 0 radical (unpaired) electrons. The van der Waals surface area contributed by atoms with Gasteiger partial charge in [-0.25, -0.2) is 13.8 Å². The van der Waals surface area contributed by atoms with E-state index in [2.05, 4.69) is 20.9 Å². The third-order valence-electron chi connectivity index (χ3n) is 1.73. The largest absolute Gasteiger partial charge is 0.419 e. The lowest BCUT2D eigenvalue weighted by Gasteiger charge is -2.14. The van der Waals surface area contributed by atoms with Crippen LogP contribution >= 0.6 is 38.5 Å². The predicted octanol–water partition coefficient (Wildman–Crippen LogP) is 4.54. The summed E-state index contributed by atoms with van der Waals surface area (Å²) in [5, 5.41) is -0.153. The summed E-state index contributed by atoms with van der Waals surface area (Å²) >= 11 is 4.15. The van der Waals surface area contributed by atoms with Crippen LogP contribution in [0, 0.1) is 3.70 Å². The van der Waals surface area contributed by atoms with Crippen LogP contribution in [0.25, 0.3) is 0 Å². The van der Waals surface area contributed by atoms with Crippen LogP contribution in [0.2, 0.25) is 0 Å². The summed E-state index contributed by atoms with van der Waals surface area (Å²) in [6.45, 7) is 0. The molecule has 1 heterocycles. The number of aromatic nitrogens is 1. The summed E-state index contributed by atoms with van der Waals surface area (Å²) in [6, 6.07) is 0.768. The first-order valence-electron chi connectivity index (χ1n) is 3.88. The van der Waals surface area contributed by atoms with Crippen LogP contribution < -0.4 is 0 Å². The summed E-state index contributed by atoms with van der Waals surface area (Å²) in [5.74, 6) is 0. The molecule has 0 bridgehead atoms. The van der Waals surface area contributed by atoms with Crippen molar-refractivity contribution in [1.29, 1.82) is 0 Å². The molecule has 0 aliphatic carbocycles. The van der Waals surface area contributed by atoms with Gasteiger partial charge in [0.1, 0.15) is 9.39 Å². The summed E-state index contributed by atoms with van der Waals surface area (Å²) in [4.78, 5) is 3.24. The zero-order chi connectivity index (χ0) is 12.5. The fourth-order valence-corrected chi connectivity index (χ4v) is 2.47. The molecule has 0 N–H and O–H groups in total. The molecule has 16 heavy (non-hydrogen) atoms. The van der Waals surface area contributed by atoms with Crippen LogP contribution in [0.4, 0.5) is 22.0 Å². The van der Waals surface area contributed by atoms with Gasteiger partial charge in [-0.1, -0.05) is 15.9 Å². The number of rotatable bonds is 2. The molecule has 0 saturated carbocycles. The molecule has 90 valence electrons. The van der Waals surface area contributed by atoms with Crippen LogP contribution in [0.15, 0.2) is 6.07 Å². The minimum Gasteiger partial charge on any atom is -0.240 e. The Labute approximate surface area is 110 Å². The first kappa shape index (κ1) is 14.1. The van der Waals surface area contributed by atoms with Gasteiger partial charge in [0.2, 0.25) is 0 Å². The van der Waals surface area contributed by atoms with E-state index in [4.69, 9.17) is 0 Å². The molecule has 0 aliphatic heterocycles. The van der Waals surface area contributed by atoms with Gasteiger partial charge in [0, 0.05) is 5.33 Å². The van der Waals surface area contributed by atoms with Crippen molar-refractivity contribution in [2.45, 2.75) is 17.9 Å². The Morgan fingerprint density at radius 3 is 2.31 bits per heavy atom. The van der Waals surface area contributed by atoms with Gasteiger partial charge in [0.15, 0.2) is 0 Å². The Morgan fingerprint density at radius 1 is 1.38 bits per heavy atom. The zero-order valence-electron chi connectivity index (χ0n) is 7.45.